The Bertz CT molecular complexity index is 401. The summed E-state index contributed by atoms with van der Waals surface area (Å²) < 4.78 is 10.6. The highest BCUT2D eigenvalue weighted by Crippen LogP contribution is 2.39. The maximum atomic E-state index is 11.0. The molecule has 0 aliphatic carbocycles. The van der Waals surface area contributed by atoms with E-state index in [1.54, 1.807) is 0 Å². The lowest BCUT2D eigenvalue weighted by molar-refractivity contribution is 0.111. The average molecular weight is 227 g/mol. The molecule has 0 radical (unpaired) electrons. The van der Waals surface area contributed by atoms with Crippen LogP contribution < -0.4 is 9.47 Å². The number of aldehydes is 1. The van der Waals surface area contributed by atoms with E-state index in [0.717, 1.165) is 24.7 Å². The van der Waals surface area contributed by atoms with Gasteiger partial charge in [0.15, 0.2) is 12.0 Å². The second-order valence-corrected chi connectivity index (χ2v) is 3.77. The molecule has 2 rings (SSSR count). The Labute approximate surface area is 92.9 Å². The number of hydrogen-bond acceptors (Lipinski definition) is 3. The number of rotatable bonds is 2. The molecule has 0 amide bonds. The Morgan fingerprint density at radius 2 is 2.40 bits per heavy atom. The number of carbonyl (C=O) groups excluding carboxylic acids is 1. The van der Waals surface area contributed by atoms with Crippen molar-refractivity contribution >= 4 is 17.9 Å². The van der Waals surface area contributed by atoms with Crippen molar-refractivity contribution in [3.63, 3.8) is 0 Å². The van der Waals surface area contributed by atoms with Crippen LogP contribution in [0, 0.1) is 0 Å². The second-order valence-electron chi connectivity index (χ2n) is 3.36. The molecule has 3 nitrogen and oxygen atoms in total. The third-order valence-corrected chi connectivity index (χ3v) is 2.74. The molecule has 0 saturated carbocycles. The smallest absolute Gasteiger partial charge is 0.157 e. The van der Waals surface area contributed by atoms with Crippen LogP contribution in [-0.4, -0.2) is 20.0 Å². The van der Waals surface area contributed by atoms with Crippen molar-refractivity contribution in [3.8, 4) is 11.5 Å². The van der Waals surface area contributed by atoms with Crippen molar-refractivity contribution in [3.05, 3.63) is 22.2 Å². The Morgan fingerprint density at radius 1 is 1.60 bits per heavy atom. The predicted molar refractivity (Wildman–Crippen MR) is 57.2 cm³/mol. The van der Waals surface area contributed by atoms with E-state index < -0.39 is 0 Å². The number of ether oxygens (including phenoxy) is 2. The summed E-state index contributed by atoms with van der Waals surface area (Å²) >= 11 is 6.01. The largest absolute Gasteiger partial charge is 0.494 e. The maximum Gasteiger partial charge on any atom is 0.157 e. The predicted octanol–water partition coefficient (Wildman–Crippen LogP) is 2.49. The summed E-state index contributed by atoms with van der Waals surface area (Å²) in [5.74, 6) is 1.02. The molecule has 1 aliphatic rings. The van der Waals surface area contributed by atoms with Crippen LogP contribution in [-0.2, 0) is 6.42 Å². The van der Waals surface area contributed by atoms with Crippen molar-refractivity contribution in [2.24, 2.45) is 0 Å². The van der Waals surface area contributed by atoms with E-state index >= 15 is 0 Å². The highest BCUT2D eigenvalue weighted by Gasteiger charge is 2.21. The van der Waals surface area contributed by atoms with E-state index in [1.807, 2.05) is 6.07 Å². The Hall–Kier alpha value is -1.22. The Balaban J connectivity index is 2.64. The summed E-state index contributed by atoms with van der Waals surface area (Å²) in [4.78, 5) is 11.0. The molecule has 0 fully saturated rings. The van der Waals surface area contributed by atoms with Gasteiger partial charge in [-0.1, -0.05) is 11.6 Å². The normalized spacial score (nSPS) is 14.0. The van der Waals surface area contributed by atoms with Crippen LogP contribution in [0.1, 0.15) is 22.3 Å². The van der Waals surface area contributed by atoms with Gasteiger partial charge < -0.3 is 9.47 Å². The minimum atomic E-state index is 0.396. The SMILES string of the molecule is COc1c(Cl)cc2c(c1C=O)OCCC2. The summed E-state index contributed by atoms with van der Waals surface area (Å²) in [7, 11) is 1.49. The summed E-state index contributed by atoms with van der Waals surface area (Å²) in [6, 6.07) is 1.81. The van der Waals surface area contributed by atoms with E-state index in [1.165, 1.54) is 7.11 Å². The van der Waals surface area contributed by atoms with Gasteiger partial charge >= 0.3 is 0 Å². The highest BCUT2D eigenvalue weighted by atomic mass is 35.5. The minimum Gasteiger partial charge on any atom is -0.494 e. The molecule has 1 aromatic rings. The zero-order chi connectivity index (χ0) is 10.8. The number of hydrogen-bond donors (Lipinski definition) is 0. The molecule has 0 aromatic heterocycles. The van der Waals surface area contributed by atoms with Crippen LogP contribution >= 0.6 is 11.6 Å². The van der Waals surface area contributed by atoms with Gasteiger partial charge in [0.1, 0.15) is 11.3 Å². The van der Waals surface area contributed by atoms with Crippen LogP contribution in [0.4, 0.5) is 0 Å². The number of aryl methyl sites for hydroxylation is 1. The number of carbonyl (C=O) groups is 1. The number of halogens is 1. The maximum absolute atomic E-state index is 11.0. The van der Waals surface area contributed by atoms with E-state index in [-0.39, 0.29) is 0 Å². The van der Waals surface area contributed by atoms with Crippen molar-refractivity contribution in [2.45, 2.75) is 12.8 Å². The lowest BCUT2D eigenvalue weighted by Gasteiger charge is -2.20. The summed E-state index contributed by atoms with van der Waals surface area (Å²) in [5, 5.41) is 0.462. The fourth-order valence-electron chi connectivity index (χ4n) is 1.80. The molecule has 80 valence electrons. The van der Waals surface area contributed by atoms with E-state index in [2.05, 4.69) is 0 Å². The quantitative estimate of drug-likeness (QED) is 0.727. The van der Waals surface area contributed by atoms with E-state index in [9.17, 15) is 4.79 Å². The van der Waals surface area contributed by atoms with E-state index in [4.69, 9.17) is 21.1 Å². The topological polar surface area (TPSA) is 35.5 Å². The minimum absolute atomic E-state index is 0.396. The van der Waals surface area contributed by atoms with Crippen molar-refractivity contribution < 1.29 is 14.3 Å². The van der Waals surface area contributed by atoms with Gasteiger partial charge in [-0.15, -0.1) is 0 Å². The molecule has 1 heterocycles. The zero-order valence-electron chi connectivity index (χ0n) is 8.38. The number of methoxy groups -OCH3 is 1. The Kier molecular flexibility index (Phi) is 2.82. The lowest BCUT2D eigenvalue weighted by Crippen LogP contribution is -2.11. The molecule has 4 heteroatoms. The summed E-state index contributed by atoms with van der Waals surface area (Å²) in [6.07, 6.45) is 2.57. The van der Waals surface area contributed by atoms with Gasteiger partial charge in [0, 0.05) is 0 Å². The second kappa shape index (κ2) is 4.11. The molecule has 0 saturated heterocycles. The van der Waals surface area contributed by atoms with Crippen molar-refractivity contribution in [2.75, 3.05) is 13.7 Å². The molecular weight excluding hydrogens is 216 g/mol. The molecule has 0 bridgehead atoms. The molecule has 1 aromatic carbocycles. The molecule has 1 aliphatic heterocycles. The first kappa shape index (κ1) is 10.3. The molecule has 0 N–H and O–H groups in total. The summed E-state index contributed by atoms with van der Waals surface area (Å²) in [5.41, 5.74) is 1.40. The number of benzene rings is 1. The molecule has 0 spiro atoms. The molecule has 0 atom stereocenters. The average Bonchev–Trinajstić information content (AvgIpc) is 2.27. The van der Waals surface area contributed by atoms with Crippen LogP contribution in [0.5, 0.6) is 11.5 Å². The third-order valence-electron chi connectivity index (χ3n) is 2.46. The van der Waals surface area contributed by atoms with Crippen LogP contribution in [0.3, 0.4) is 0 Å². The lowest BCUT2D eigenvalue weighted by atomic mass is 10.0. The summed E-state index contributed by atoms with van der Waals surface area (Å²) in [6.45, 7) is 0.638. The van der Waals surface area contributed by atoms with E-state index in [0.29, 0.717) is 28.7 Å². The first-order valence-corrected chi connectivity index (χ1v) is 5.13. The van der Waals surface area contributed by atoms with Crippen molar-refractivity contribution in [1.29, 1.82) is 0 Å². The van der Waals surface area contributed by atoms with Gasteiger partial charge in [0.05, 0.1) is 18.7 Å². The monoisotopic (exact) mass is 226 g/mol. The van der Waals surface area contributed by atoms with Gasteiger partial charge in [0.2, 0.25) is 0 Å². The first-order valence-electron chi connectivity index (χ1n) is 4.75. The van der Waals surface area contributed by atoms with Gasteiger partial charge in [-0.2, -0.15) is 0 Å². The molecular formula is C11H11ClO3. The standard InChI is InChI=1S/C11H11ClO3/c1-14-11-8(6-13)10-7(5-9(11)12)3-2-4-15-10/h5-6H,2-4H2,1H3. The zero-order valence-corrected chi connectivity index (χ0v) is 9.13. The van der Waals surface area contributed by atoms with Crippen LogP contribution in [0.15, 0.2) is 6.07 Å². The third kappa shape index (κ3) is 1.67. The van der Waals surface area contributed by atoms with Gasteiger partial charge in [0.25, 0.3) is 0 Å². The van der Waals surface area contributed by atoms with Crippen LogP contribution in [0.2, 0.25) is 5.02 Å². The molecule has 15 heavy (non-hydrogen) atoms. The number of fused-ring (bicyclic) bond motifs is 1. The molecule has 0 unspecified atom stereocenters. The Morgan fingerprint density at radius 3 is 3.07 bits per heavy atom. The first-order chi connectivity index (χ1) is 7.27. The highest BCUT2D eigenvalue weighted by molar-refractivity contribution is 6.32. The fourth-order valence-corrected chi connectivity index (χ4v) is 2.11. The van der Waals surface area contributed by atoms with Crippen molar-refractivity contribution in [1.82, 2.24) is 0 Å². The van der Waals surface area contributed by atoms with Gasteiger partial charge in [-0.3, -0.25) is 4.79 Å². The fraction of sp³-hybridized carbons (Fsp3) is 0.364. The van der Waals surface area contributed by atoms with Gasteiger partial charge in [-0.25, -0.2) is 0 Å². The van der Waals surface area contributed by atoms with Crippen LogP contribution in [0.25, 0.3) is 0 Å². The van der Waals surface area contributed by atoms with Gasteiger partial charge in [-0.05, 0) is 24.5 Å².